The highest BCUT2D eigenvalue weighted by Gasteiger charge is 2.18. The SMILES string of the molecule is CCc1nnc(C)cc1C(Cc1ncnn1CC)NN. The molecule has 0 amide bonds. The van der Waals surface area contributed by atoms with Gasteiger partial charge in [0.1, 0.15) is 12.2 Å². The molecule has 2 heterocycles. The van der Waals surface area contributed by atoms with Crippen LogP contribution < -0.4 is 11.3 Å². The number of hydrogen-bond donors (Lipinski definition) is 2. The predicted octanol–water partition coefficient (Wildman–Crippen LogP) is 0.706. The zero-order chi connectivity index (χ0) is 14.5. The van der Waals surface area contributed by atoms with Crippen molar-refractivity contribution in [2.45, 2.75) is 46.2 Å². The van der Waals surface area contributed by atoms with E-state index >= 15 is 0 Å². The largest absolute Gasteiger partial charge is 0.271 e. The minimum absolute atomic E-state index is 0.0475. The number of aryl methyl sites for hydroxylation is 3. The lowest BCUT2D eigenvalue weighted by atomic mass is 10.0. The molecule has 0 saturated carbocycles. The smallest absolute Gasteiger partial charge is 0.138 e. The third-order valence-corrected chi connectivity index (χ3v) is 3.32. The number of nitrogens with zero attached hydrogens (tertiary/aromatic N) is 5. The predicted molar refractivity (Wildman–Crippen MR) is 75.6 cm³/mol. The van der Waals surface area contributed by atoms with E-state index in [4.69, 9.17) is 5.84 Å². The van der Waals surface area contributed by atoms with E-state index in [-0.39, 0.29) is 6.04 Å². The molecule has 108 valence electrons. The Morgan fingerprint density at radius 2 is 2.15 bits per heavy atom. The highest BCUT2D eigenvalue weighted by Crippen LogP contribution is 2.20. The molecule has 0 radical (unpaired) electrons. The molecule has 7 nitrogen and oxygen atoms in total. The Balaban J connectivity index is 2.30. The van der Waals surface area contributed by atoms with Crippen LogP contribution >= 0.6 is 0 Å². The average Bonchev–Trinajstić information content (AvgIpc) is 2.91. The Morgan fingerprint density at radius 3 is 2.80 bits per heavy atom. The van der Waals surface area contributed by atoms with Gasteiger partial charge in [-0.3, -0.25) is 16.0 Å². The Kier molecular flexibility index (Phi) is 4.75. The molecule has 7 heteroatoms. The van der Waals surface area contributed by atoms with Crippen LogP contribution in [-0.4, -0.2) is 25.0 Å². The second-order valence-corrected chi connectivity index (χ2v) is 4.66. The third-order valence-electron chi connectivity index (χ3n) is 3.32. The van der Waals surface area contributed by atoms with Gasteiger partial charge in [0.05, 0.1) is 17.4 Å². The van der Waals surface area contributed by atoms with Crippen LogP contribution in [0.4, 0.5) is 0 Å². The molecule has 0 spiro atoms. The Hall–Kier alpha value is -1.86. The highest BCUT2D eigenvalue weighted by molar-refractivity contribution is 5.25. The Morgan fingerprint density at radius 1 is 1.35 bits per heavy atom. The van der Waals surface area contributed by atoms with Crippen LogP contribution in [0, 0.1) is 6.92 Å². The molecule has 0 fully saturated rings. The molecule has 0 saturated heterocycles. The number of aromatic nitrogens is 5. The maximum atomic E-state index is 5.73. The van der Waals surface area contributed by atoms with Gasteiger partial charge >= 0.3 is 0 Å². The van der Waals surface area contributed by atoms with Crippen LogP contribution in [0.15, 0.2) is 12.4 Å². The molecule has 2 rings (SSSR count). The van der Waals surface area contributed by atoms with Crippen LogP contribution in [0.1, 0.15) is 42.7 Å². The van der Waals surface area contributed by atoms with E-state index < -0.39 is 0 Å². The topological polar surface area (TPSA) is 94.5 Å². The molecule has 0 aliphatic rings. The van der Waals surface area contributed by atoms with E-state index in [0.29, 0.717) is 6.42 Å². The van der Waals surface area contributed by atoms with Gasteiger partial charge in [0.2, 0.25) is 0 Å². The second-order valence-electron chi connectivity index (χ2n) is 4.66. The van der Waals surface area contributed by atoms with Gasteiger partial charge in [-0.15, -0.1) is 0 Å². The van der Waals surface area contributed by atoms with Gasteiger partial charge in [-0.05, 0) is 31.9 Å². The van der Waals surface area contributed by atoms with Crippen LogP contribution in [0.3, 0.4) is 0 Å². The Bertz CT molecular complexity index is 564. The lowest BCUT2D eigenvalue weighted by Gasteiger charge is -2.18. The fraction of sp³-hybridized carbons (Fsp3) is 0.538. The Labute approximate surface area is 118 Å². The lowest BCUT2D eigenvalue weighted by molar-refractivity contribution is 0.504. The van der Waals surface area contributed by atoms with Gasteiger partial charge in [0.15, 0.2) is 0 Å². The fourth-order valence-electron chi connectivity index (χ4n) is 2.26. The van der Waals surface area contributed by atoms with E-state index in [0.717, 1.165) is 35.7 Å². The van der Waals surface area contributed by atoms with Crippen molar-refractivity contribution in [2.75, 3.05) is 0 Å². The minimum Gasteiger partial charge on any atom is -0.271 e. The summed E-state index contributed by atoms with van der Waals surface area (Å²) in [6, 6.07) is 1.98. The van der Waals surface area contributed by atoms with Crippen molar-refractivity contribution in [1.82, 2.24) is 30.4 Å². The summed E-state index contributed by atoms with van der Waals surface area (Å²) in [4.78, 5) is 4.30. The molecule has 1 unspecified atom stereocenters. The van der Waals surface area contributed by atoms with Crippen molar-refractivity contribution in [3.05, 3.63) is 35.2 Å². The van der Waals surface area contributed by atoms with E-state index in [9.17, 15) is 0 Å². The zero-order valence-electron chi connectivity index (χ0n) is 12.2. The maximum absolute atomic E-state index is 5.73. The fourth-order valence-corrected chi connectivity index (χ4v) is 2.26. The molecule has 0 bridgehead atoms. The monoisotopic (exact) mass is 275 g/mol. The molecule has 2 aromatic heterocycles. The lowest BCUT2D eigenvalue weighted by Crippen LogP contribution is -2.31. The highest BCUT2D eigenvalue weighted by atomic mass is 15.3. The normalized spacial score (nSPS) is 12.6. The van der Waals surface area contributed by atoms with Crippen molar-refractivity contribution >= 4 is 0 Å². The molecule has 20 heavy (non-hydrogen) atoms. The van der Waals surface area contributed by atoms with E-state index in [1.54, 1.807) is 6.33 Å². The summed E-state index contributed by atoms with van der Waals surface area (Å²) < 4.78 is 1.87. The molecule has 1 atom stereocenters. The van der Waals surface area contributed by atoms with Crippen molar-refractivity contribution in [3.63, 3.8) is 0 Å². The van der Waals surface area contributed by atoms with Crippen molar-refractivity contribution in [1.29, 1.82) is 0 Å². The summed E-state index contributed by atoms with van der Waals surface area (Å²) in [7, 11) is 0. The number of nitrogens with one attached hydrogen (secondary N) is 1. The van der Waals surface area contributed by atoms with Crippen LogP contribution in [0.2, 0.25) is 0 Å². The first kappa shape index (κ1) is 14.5. The maximum Gasteiger partial charge on any atom is 0.138 e. The quantitative estimate of drug-likeness (QED) is 0.595. The molecule has 0 aliphatic carbocycles. The van der Waals surface area contributed by atoms with Gasteiger partial charge < -0.3 is 0 Å². The molecule has 0 aliphatic heterocycles. The third kappa shape index (κ3) is 3.00. The summed E-state index contributed by atoms with van der Waals surface area (Å²) in [6.07, 6.45) is 3.06. The van der Waals surface area contributed by atoms with Crippen LogP contribution in [-0.2, 0) is 19.4 Å². The summed E-state index contributed by atoms with van der Waals surface area (Å²) in [5, 5.41) is 12.5. The van der Waals surface area contributed by atoms with Gasteiger partial charge in [0.25, 0.3) is 0 Å². The molecular formula is C13H21N7. The summed E-state index contributed by atoms with van der Waals surface area (Å²) in [6.45, 7) is 6.82. The molecule has 2 aromatic rings. The van der Waals surface area contributed by atoms with Gasteiger partial charge in [0, 0.05) is 13.0 Å². The second kappa shape index (κ2) is 6.53. The van der Waals surface area contributed by atoms with E-state index in [1.165, 1.54) is 0 Å². The van der Waals surface area contributed by atoms with Crippen LogP contribution in [0.25, 0.3) is 0 Å². The number of hydrogen-bond acceptors (Lipinski definition) is 6. The summed E-state index contributed by atoms with van der Waals surface area (Å²) >= 11 is 0. The van der Waals surface area contributed by atoms with Gasteiger partial charge in [-0.1, -0.05) is 6.92 Å². The average molecular weight is 275 g/mol. The minimum atomic E-state index is -0.0475. The summed E-state index contributed by atoms with van der Waals surface area (Å²) in [5.41, 5.74) is 5.78. The first-order valence-corrected chi connectivity index (χ1v) is 6.85. The van der Waals surface area contributed by atoms with E-state index in [2.05, 4.69) is 32.6 Å². The molecule has 0 aromatic carbocycles. The first-order valence-electron chi connectivity index (χ1n) is 6.85. The standard InChI is InChI=1S/C13H21N7/c1-4-11-10(6-9(3)18-19-11)12(17-14)7-13-15-8-16-20(13)5-2/h6,8,12,17H,4-5,7,14H2,1-3H3. The molecular weight excluding hydrogens is 254 g/mol. The van der Waals surface area contributed by atoms with E-state index in [1.807, 2.05) is 24.6 Å². The summed E-state index contributed by atoms with van der Waals surface area (Å²) in [5.74, 6) is 6.64. The number of rotatable bonds is 6. The zero-order valence-corrected chi connectivity index (χ0v) is 12.2. The number of hydrazine groups is 1. The van der Waals surface area contributed by atoms with Crippen molar-refractivity contribution < 1.29 is 0 Å². The molecule has 3 N–H and O–H groups in total. The van der Waals surface area contributed by atoms with Crippen LogP contribution in [0.5, 0.6) is 0 Å². The van der Waals surface area contributed by atoms with Gasteiger partial charge in [-0.25, -0.2) is 4.98 Å². The van der Waals surface area contributed by atoms with Crippen molar-refractivity contribution in [2.24, 2.45) is 5.84 Å². The van der Waals surface area contributed by atoms with Gasteiger partial charge in [-0.2, -0.15) is 15.3 Å². The number of nitrogens with two attached hydrogens (primary N) is 1. The van der Waals surface area contributed by atoms with Crippen molar-refractivity contribution in [3.8, 4) is 0 Å². The first-order chi connectivity index (χ1) is 9.69.